The number of anilines is 1. The van der Waals surface area contributed by atoms with Gasteiger partial charge in [-0.1, -0.05) is 18.2 Å². The molecule has 7 heteroatoms. The molecule has 0 saturated heterocycles. The van der Waals surface area contributed by atoms with E-state index < -0.39 is 0 Å². The van der Waals surface area contributed by atoms with Gasteiger partial charge in [0.15, 0.2) is 5.96 Å². The Bertz CT molecular complexity index is 651. The Morgan fingerprint density at radius 1 is 1.36 bits per heavy atom. The summed E-state index contributed by atoms with van der Waals surface area (Å²) in [5.74, 6) is 1.77. The Morgan fingerprint density at radius 2 is 2.18 bits per heavy atom. The van der Waals surface area contributed by atoms with Crippen molar-refractivity contribution < 1.29 is 0 Å². The number of aryl methyl sites for hydroxylation is 1. The van der Waals surface area contributed by atoms with Crippen molar-refractivity contribution in [3.05, 3.63) is 42.0 Å². The molecule has 2 heterocycles. The van der Waals surface area contributed by atoms with E-state index >= 15 is 0 Å². The molecule has 3 rings (SSSR count). The summed E-state index contributed by atoms with van der Waals surface area (Å²) in [7, 11) is 1.88. The SMILES string of the molecule is CCNC(=NCc1ncnn1C)N1CCc2ccccc21.I. The molecule has 6 nitrogen and oxygen atoms in total. The van der Waals surface area contributed by atoms with Crippen LogP contribution in [0.1, 0.15) is 18.3 Å². The molecule has 1 N–H and O–H groups in total. The zero-order valence-electron chi connectivity index (χ0n) is 12.9. The largest absolute Gasteiger partial charge is 0.356 e. The first-order chi connectivity index (χ1) is 10.3. The number of para-hydroxylation sites is 1. The first-order valence-corrected chi connectivity index (χ1v) is 7.26. The highest BCUT2D eigenvalue weighted by Crippen LogP contribution is 2.27. The standard InChI is InChI=1S/C15H20N6.HI/c1-3-16-15(17-10-14-18-11-19-20(14)2)21-9-8-12-6-4-5-7-13(12)21;/h4-7,11H,3,8-10H2,1-2H3,(H,16,17);1H. The molecule has 0 aliphatic carbocycles. The van der Waals surface area contributed by atoms with E-state index in [0.717, 1.165) is 31.3 Å². The Labute approximate surface area is 147 Å². The third-order valence-electron chi connectivity index (χ3n) is 3.65. The second-order valence-electron chi connectivity index (χ2n) is 5.00. The number of aliphatic imine (C=N–C) groups is 1. The van der Waals surface area contributed by atoms with Gasteiger partial charge in [0.1, 0.15) is 18.7 Å². The van der Waals surface area contributed by atoms with Crippen molar-refractivity contribution in [2.75, 3.05) is 18.0 Å². The second-order valence-corrected chi connectivity index (χ2v) is 5.00. The van der Waals surface area contributed by atoms with E-state index in [0.29, 0.717) is 6.54 Å². The van der Waals surface area contributed by atoms with E-state index in [1.54, 1.807) is 11.0 Å². The Kier molecular flexibility index (Phi) is 5.76. The first-order valence-electron chi connectivity index (χ1n) is 7.26. The summed E-state index contributed by atoms with van der Waals surface area (Å²) in [6, 6.07) is 8.49. The molecular formula is C15H21IN6. The summed E-state index contributed by atoms with van der Waals surface area (Å²) in [5.41, 5.74) is 2.62. The van der Waals surface area contributed by atoms with Crippen molar-refractivity contribution in [3.8, 4) is 0 Å². The highest BCUT2D eigenvalue weighted by molar-refractivity contribution is 14.0. The molecule has 1 aromatic heterocycles. The van der Waals surface area contributed by atoms with Crippen LogP contribution in [0, 0.1) is 0 Å². The number of nitrogens with zero attached hydrogens (tertiary/aromatic N) is 5. The monoisotopic (exact) mass is 412 g/mol. The highest BCUT2D eigenvalue weighted by Gasteiger charge is 2.22. The molecule has 0 spiro atoms. The van der Waals surface area contributed by atoms with Gasteiger partial charge in [-0.3, -0.25) is 4.68 Å². The molecular weight excluding hydrogens is 391 g/mol. The number of halogens is 1. The predicted molar refractivity (Wildman–Crippen MR) is 98.7 cm³/mol. The highest BCUT2D eigenvalue weighted by atomic mass is 127. The minimum absolute atomic E-state index is 0. The van der Waals surface area contributed by atoms with Crippen LogP contribution in [-0.4, -0.2) is 33.8 Å². The van der Waals surface area contributed by atoms with Crippen molar-refractivity contribution in [2.24, 2.45) is 12.0 Å². The summed E-state index contributed by atoms with van der Waals surface area (Å²) < 4.78 is 1.75. The summed E-state index contributed by atoms with van der Waals surface area (Å²) in [5, 5.41) is 7.44. The first kappa shape index (κ1) is 16.7. The van der Waals surface area contributed by atoms with Crippen LogP contribution in [0.2, 0.25) is 0 Å². The summed E-state index contributed by atoms with van der Waals surface area (Å²) in [6.45, 7) is 4.41. The molecule has 0 bridgehead atoms. The van der Waals surface area contributed by atoms with Crippen LogP contribution < -0.4 is 10.2 Å². The van der Waals surface area contributed by atoms with Gasteiger partial charge >= 0.3 is 0 Å². The van der Waals surface area contributed by atoms with Gasteiger partial charge < -0.3 is 10.2 Å². The maximum atomic E-state index is 4.71. The lowest BCUT2D eigenvalue weighted by Crippen LogP contribution is -2.40. The van der Waals surface area contributed by atoms with Gasteiger partial charge in [0.2, 0.25) is 0 Å². The van der Waals surface area contributed by atoms with Gasteiger partial charge in [-0.25, -0.2) is 9.98 Å². The van der Waals surface area contributed by atoms with Gasteiger partial charge in [-0.05, 0) is 25.0 Å². The normalized spacial score (nSPS) is 13.7. The molecule has 1 aliphatic heterocycles. The van der Waals surface area contributed by atoms with Gasteiger partial charge in [-0.2, -0.15) is 5.10 Å². The zero-order chi connectivity index (χ0) is 14.7. The average Bonchev–Trinajstić information content (AvgIpc) is 3.10. The van der Waals surface area contributed by atoms with E-state index in [1.807, 2.05) is 7.05 Å². The Morgan fingerprint density at radius 3 is 2.91 bits per heavy atom. The van der Waals surface area contributed by atoms with Crippen LogP contribution in [0.25, 0.3) is 0 Å². The van der Waals surface area contributed by atoms with Crippen LogP contribution in [0.4, 0.5) is 5.69 Å². The molecule has 0 radical (unpaired) electrons. The van der Waals surface area contributed by atoms with Crippen molar-refractivity contribution in [1.29, 1.82) is 0 Å². The fraction of sp³-hybridized carbons (Fsp3) is 0.400. The number of fused-ring (bicyclic) bond motifs is 1. The van der Waals surface area contributed by atoms with E-state index in [1.165, 1.54) is 11.3 Å². The lowest BCUT2D eigenvalue weighted by molar-refractivity contribution is 0.700. The topological polar surface area (TPSA) is 58.3 Å². The van der Waals surface area contributed by atoms with Crippen LogP contribution in [0.5, 0.6) is 0 Å². The zero-order valence-corrected chi connectivity index (χ0v) is 15.2. The van der Waals surface area contributed by atoms with Crippen LogP contribution in [0.3, 0.4) is 0 Å². The number of guanidine groups is 1. The fourth-order valence-electron chi connectivity index (χ4n) is 2.56. The number of hydrogen-bond donors (Lipinski definition) is 1. The lowest BCUT2D eigenvalue weighted by atomic mass is 10.2. The maximum Gasteiger partial charge on any atom is 0.198 e. The minimum atomic E-state index is 0. The molecule has 2 aromatic rings. The van der Waals surface area contributed by atoms with Gasteiger partial charge in [0.05, 0.1) is 0 Å². The van der Waals surface area contributed by atoms with E-state index in [4.69, 9.17) is 4.99 Å². The van der Waals surface area contributed by atoms with Crippen LogP contribution in [-0.2, 0) is 20.0 Å². The maximum absolute atomic E-state index is 4.71. The molecule has 0 unspecified atom stereocenters. The van der Waals surface area contributed by atoms with Gasteiger partial charge in [-0.15, -0.1) is 24.0 Å². The average molecular weight is 412 g/mol. The van der Waals surface area contributed by atoms with Crippen molar-refractivity contribution in [2.45, 2.75) is 19.9 Å². The number of rotatable bonds is 3. The second kappa shape index (κ2) is 7.57. The number of benzene rings is 1. The predicted octanol–water partition coefficient (Wildman–Crippen LogP) is 1.96. The Hall–Kier alpha value is -1.64. The van der Waals surface area contributed by atoms with Crippen molar-refractivity contribution in [1.82, 2.24) is 20.1 Å². The molecule has 0 amide bonds. The Balaban J connectivity index is 0.00000176. The van der Waals surface area contributed by atoms with Crippen LogP contribution >= 0.6 is 24.0 Å². The molecule has 1 aromatic carbocycles. The van der Waals surface area contributed by atoms with E-state index in [2.05, 4.69) is 51.5 Å². The number of hydrogen-bond acceptors (Lipinski definition) is 3. The quantitative estimate of drug-likeness (QED) is 0.476. The van der Waals surface area contributed by atoms with E-state index in [9.17, 15) is 0 Å². The van der Waals surface area contributed by atoms with Gasteiger partial charge in [0.25, 0.3) is 0 Å². The summed E-state index contributed by atoms with van der Waals surface area (Å²) in [6.07, 6.45) is 2.62. The minimum Gasteiger partial charge on any atom is -0.356 e. The molecule has 22 heavy (non-hydrogen) atoms. The summed E-state index contributed by atoms with van der Waals surface area (Å²) in [4.78, 5) is 11.2. The van der Waals surface area contributed by atoms with E-state index in [-0.39, 0.29) is 24.0 Å². The molecule has 1 aliphatic rings. The molecule has 118 valence electrons. The lowest BCUT2D eigenvalue weighted by Gasteiger charge is -2.22. The van der Waals surface area contributed by atoms with Gasteiger partial charge in [0, 0.05) is 25.8 Å². The number of aromatic nitrogens is 3. The van der Waals surface area contributed by atoms with Crippen LogP contribution in [0.15, 0.2) is 35.6 Å². The molecule has 0 saturated carbocycles. The van der Waals surface area contributed by atoms with Crippen molar-refractivity contribution in [3.63, 3.8) is 0 Å². The fourth-order valence-corrected chi connectivity index (χ4v) is 2.56. The number of nitrogens with one attached hydrogen (secondary N) is 1. The molecule has 0 fully saturated rings. The summed E-state index contributed by atoms with van der Waals surface area (Å²) >= 11 is 0. The van der Waals surface area contributed by atoms with Crippen molar-refractivity contribution >= 4 is 35.6 Å². The smallest absolute Gasteiger partial charge is 0.198 e. The third kappa shape index (κ3) is 3.40. The molecule has 0 atom stereocenters. The third-order valence-corrected chi connectivity index (χ3v) is 3.65.